The summed E-state index contributed by atoms with van der Waals surface area (Å²) in [6.45, 7) is 3.62. The number of aromatic nitrogens is 1. The number of amides is 2. The van der Waals surface area contributed by atoms with Crippen molar-refractivity contribution < 1.29 is 4.79 Å². The zero-order chi connectivity index (χ0) is 13.2. The number of carbonyl (C=O) groups excluding carboxylic acids is 1. The van der Waals surface area contributed by atoms with Crippen LogP contribution in [-0.4, -0.2) is 35.0 Å². The Bertz CT molecular complexity index is 474. The zero-order valence-corrected chi connectivity index (χ0v) is 11.4. The summed E-state index contributed by atoms with van der Waals surface area (Å²) in [5, 5.41) is 3.02. The standard InChI is InChI=1S/C15H21N3O/c1-11-3-2-4-13(17-11)7-8-16-15(19)18-10-12-5-6-14(18)9-12/h2-4,12,14H,5-10H2,1H3,(H,16,19). The van der Waals surface area contributed by atoms with Gasteiger partial charge in [0.05, 0.1) is 0 Å². The minimum Gasteiger partial charge on any atom is -0.338 e. The predicted octanol–water partition coefficient (Wildman–Crippen LogP) is 2.13. The van der Waals surface area contributed by atoms with Crippen molar-refractivity contribution in [2.75, 3.05) is 13.1 Å². The van der Waals surface area contributed by atoms with Gasteiger partial charge in [0.15, 0.2) is 0 Å². The third-order valence-electron chi connectivity index (χ3n) is 4.27. The molecule has 19 heavy (non-hydrogen) atoms. The zero-order valence-electron chi connectivity index (χ0n) is 11.4. The second-order valence-electron chi connectivity index (χ2n) is 5.74. The van der Waals surface area contributed by atoms with Crippen molar-refractivity contribution in [1.82, 2.24) is 15.2 Å². The molecule has 0 spiro atoms. The Morgan fingerprint density at radius 1 is 1.47 bits per heavy atom. The Balaban J connectivity index is 1.46. The first-order valence-corrected chi connectivity index (χ1v) is 7.19. The van der Waals surface area contributed by atoms with Gasteiger partial charge in [-0.2, -0.15) is 0 Å². The number of nitrogens with one attached hydrogen (secondary N) is 1. The molecule has 2 aliphatic rings. The van der Waals surface area contributed by atoms with Gasteiger partial charge in [-0.1, -0.05) is 6.07 Å². The van der Waals surface area contributed by atoms with Crippen molar-refractivity contribution in [3.63, 3.8) is 0 Å². The number of hydrogen-bond donors (Lipinski definition) is 1. The van der Waals surface area contributed by atoms with Crippen molar-refractivity contribution in [2.45, 2.75) is 38.6 Å². The number of hydrogen-bond acceptors (Lipinski definition) is 2. The van der Waals surface area contributed by atoms with Crippen molar-refractivity contribution in [2.24, 2.45) is 5.92 Å². The average Bonchev–Trinajstić information content (AvgIpc) is 3.01. The molecule has 1 N–H and O–H groups in total. The lowest BCUT2D eigenvalue weighted by Gasteiger charge is -2.27. The number of aryl methyl sites for hydroxylation is 1. The van der Waals surface area contributed by atoms with E-state index in [1.54, 1.807) is 0 Å². The summed E-state index contributed by atoms with van der Waals surface area (Å²) in [6.07, 6.45) is 4.52. The van der Waals surface area contributed by atoms with Crippen LogP contribution in [0.4, 0.5) is 4.79 Å². The van der Waals surface area contributed by atoms with E-state index in [0.29, 0.717) is 12.6 Å². The second kappa shape index (κ2) is 5.19. The van der Waals surface area contributed by atoms with Crippen LogP contribution in [0.1, 0.15) is 30.7 Å². The number of fused-ring (bicyclic) bond motifs is 2. The molecule has 1 aromatic rings. The van der Waals surface area contributed by atoms with E-state index in [1.807, 2.05) is 30.0 Å². The third kappa shape index (κ3) is 2.72. The minimum atomic E-state index is 0.111. The van der Waals surface area contributed by atoms with E-state index in [4.69, 9.17) is 0 Å². The maximum atomic E-state index is 12.1. The first kappa shape index (κ1) is 12.5. The van der Waals surface area contributed by atoms with E-state index in [2.05, 4.69) is 10.3 Å². The van der Waals surface area contributed by atoms with Gasteiger partial charge in [0.1, 0.15) is 0 Å². The fourth-order valence-electron chi connectivity index (χ4n) is 3.31. The lowest BCUT2D eigenvalue weighted by atomic mass is 10.1. The summed E-state index contributed by atoms with van der Waals surface area (Å²) in [4.78, 5) is 18.6. The van der Waals surface area contributed by atoms with Crippen LogP contribution in [0.15, 0.2) is 18.2 Å². The Morgan fingerprint density at radius 2 is 2.37 bits per heavy atom. The van der Waals surface area contributed by atoms with Gasteiger partial charge >= 0.3 is 6.03 Å². The van der Waals surface area contributed by atoms with Crippen molar-refractivity contribution in [1.29, 1.82) is 0 Å². The summed E-state index contributed by atoms with van der Waals surface area (Å²) in [7, 11) is 0. The summed E-state index contributed by atoms with van der Waals surface area (Å²) in [5.74, 6) is 0.759. The molecule has 4 heteroatoms. The van der Waals surface area contributed by atoms with Crippen molar-refractivity contribution >= 4 is 6.03 Å². The van der Waals surface area contributed by atoms with Gasteiger partial charge in [-0.05, 0) is 44.2 Å². The van der Waals surface area contributed by atoms with Crippen LogP contribution in [0.5, 0.6) is 0 Å². The molecule has 3 rings (SSSR count). The maximum Gasteiger partial charge on any atom is 0.317 e. The Kier molecular flexibility index (Phi) is 3.40. The van der Waals surface area contributed by atoms with E-state index in [0.717, 1.165) is 30.3 Å². The molecule has 2 heterocycles. The molecule has 1 aliphatic carbocycles. The van der Waals surface area contributed by atoms with Crippen LogP contribution in [0.3, 0.4) is 0 Å². The Labute approximate surface area is 114 Å². The first-order valence-electron chi connectivity index (χ1n) is 7.19. The van der Waals surface area contributed by atoms with Gasteiger partial charge in [-0.25, -0.2) is 4.79 Å². The highest BCUT2D eigenvalue weighted by molar-refractivity contribution is 5.75. The number of likely N-dealkylation sites (tertiary alicyclic amines) is 1. The summed E-state index contributed by atoms with van der Waals surface area (Å²) >= 11 is 0. The topological polar surface area (TPSA) is 45.2 Å². The molecular weight excluding hydrogens is 238 g/mol. The summed E-state index contributed by atoms with van der Waals surface area (Å²) < 4.78 is 0. The molecule has 1 saturated carbocycles. The van der Waals surface area contributed by atoms with E-state index in [-0.39, 0.29) is 6.03 Å². The monoisotopic (exact) mass is 259 g/mol. The lowest BCUT2D eigenvalue weighted by Crippen LogP contribution is -2.44. The number of nitrogens with zero attached hydrogens (tertiary/aromatic N) is 2. The predicted molar refractivity (Wildman–Crippen MR) is 73.9 cm³/mol. The van der Waals surface area contributed by atoms with Gasteiger partial charge in [0.2, 0.25) is 0 Å². The van der Waals surface area contributed by atoms with Gasteiger partial charge in [-0.3, -0.25) is 4.98 Å². The number of pyridine rings is 1. The molecule has 2 unspecified atom stereocenters. The fourth-order valence-corrected chi connectivity index (χ4v) is 3.31. The number of carbonyl (C=O) groups is 1. The number of rotatable bonds is 3. The fraction of sp³-hybridized carbons (Fsp3) is 0.600. The van der Waals surface area contributed by atoms with Crippen molar-refractivity contribution in [3.8, 4) is 0 Å². The highest BCUT2D eigenvalue weighted by Gasteiger charge is 2.39. The molecule has 4 nitrogen and oxygen atoms in total. The largest absolute Gasteiger partial charge is 0.338 e. The lowest BCUT2D eigenvalue weighted by molar-refractivity contribution is 0.181. The Morgan fingerprint density at radius 3 is 3.05 bits per heavy atom. The first-order chi connectivity index (χ1) is 9.22. The van der Waals surface area contributed by atoms with E-state index < -0.39 is 0 Å². The van der Waals surface area contributed by atoms with E-state index in [9.17, 15) is 4.79 Å². The quantitative estimate of drug-likeness (QED) is 0.903. The minimum absolute atomic E-state index is 0.111. The third-order valence-corrected chi connectivity index (χ3v) is 4.27. The number of urea groups is 1. The van der Waals surface area contributed by atoms with Gasteiger partial charge in [0, 0.05) is 36.9 Å². The van der Waals surface area contributed by atoms with Gasteiger partial charge in [-0.15, -0.1) is 0 Å². The SMILES string of the molecule is Cc1cccc(CCNC(=O)N2CC3CCC2C3)n1. The van der Waals surface area contributed by atoms with Crippen LogP contribution in [0.25, 0.3) is 0 Å². The van der Waals surface area contributed by atoms with E-state index in [1.165, 1.54) is 19.3 Å². The molecule has 0 radical (unpaired) electrons. The summed E-state index contributed by atoms with van der Waals surface area (Å²) in [5.41, 5.74) is 2.07. The molecule has 1 saturated heterocycles. The number of piperidine rings is 1. The molecule has 2 bridgehead atoms. The molecule has 1 aromatic heterocycles. The highest BCUT2D eigenvalue weighted by Crippen LogP contribution is 2.37. The average molecular weight is 259 g/mol. The van der Waals surface area contributed by atoms with Gasteiger partial charge in [0.25, 0.3) is 0 Å². The second-order valence-corrected chi connectivity index (χ2v) is 5.74. The van der Waals surface area contributed by atoms with Crippen LogP contribution >= 0.6 is 0 Å². The molecular formula is C15H21N3O. The van der Waals surface area contributed by atoms with Crippen LogP contribution in [-0.2, 0) is 6.42 Å². The molecule has 1 aliphatic heterocycles. The molecule has 2 atom stereocenters. The molecule has 2 fully saturated rings. The highest BCUT2D eigenvalue weighted by atomic mass is 16.2. The van der Waals surface area contributed by atoms with Crippen LogP contribution < -0.4 is 5.32 Å². The smallest absolute Gasteiger partial charge is 0.317 e. The Hall–Kier alpha value is -1.58. The maximum absolute atomic E-state index is 12.1. The van der Waals surface area contributed by atoms with E-state index >= 15 is 0 Å². The van der Waals surface area contributed by atoms with Crippen LogP contribution in [0, 0.1) is 12.8 Å². The van der Waals surface area contributed by atoms with Crippen LogP contribution in [0.2, 0.25) is 0 Å². The molecule has 2 amide bonds. The molecule has 0 aromatic carbocycles. The molecule has 102 valence electrons. The summed E-state index contributed by atoms with van der Waals surface area (Å²) in [6, 6.07) is 6.63. The van der Waals surface area contributed by atoms with Crippen molar-refractivity contribution in [3.05, 3.63) is 29.6 Å². The normalized spacial score (nSPS) is 24.8. The van der Waals surface area contributed by atoms with Gasteiger partial charge < -0.3 is 10.2 Å².